The number of allylic oxidation sites excluding steroid dienone is 1. The van der Waals surface area contributed by atoms with E-state index >= 15 is 0 Å². The lowest BCUT2D eigenvalue weighted by molar-refractivity contribution is -0.0271. The first-order chi connectivity index (χ1) is 15.2. The molecule has 0 radical (unpaired) electrons. The first-order valence-corrected chi connectivity index (χ1v) is 10.8. The predicted octanol–water partition coefficient (Wildman–Crippen LogP) is 4.07. The molecule has 2 unspecified atom stereocenters. The van der Waals surface area contributed by atoms with Gasteiger partial charge in [0.05, 0.1) is 19.6 Å². The highest BCUT2D eigenvalue weighted by atomic mass is 16.6. The van der Waals surface area contributed by atoms with Gasteiger partial charge in [-0.15, -0.1) is 0 Å². The highest BCUT2D eigenvalue weighted by molar-refractivity contribution is 5.73. The number of nitrogens with zero attached hydrogens (tertiary/aromatic N) is 1. The molecule has 4 atom stereocenters. The predicted molar refractivity (Wildman–Crippen MR) is 114 cm³/mol. The summed E-state index contributed by atoms with van der Waals surface area (Å²) < 4.78 is 23.7. The van der Waals surface area contributed by atoms with Crippen LogP contribution >= 0.6 is 0 Å². The summed E-state index contributed by atoms with van der Waals surface area (Å²) in [5.41, 5.74) is 2.29. The molecule has 6 nitrogen and oxygen atoms in total. The van der Waals surface area contributed by atoms with Crippen molar-refractivity contribution in [3.63, 3.8) is 0 Å². The highest BCUT2D eigenvalue weighted by Gasteiger charge is 2.65. The summed E-state index contributed by atoms with van der Waals surface area (Å²) >= 11 is 0. The zero-order valence-corrected chi connectivity index (χ0v) is 17.7. The third-order valence-electron chi connectivity index (χ3n) is 7.57. The average molecular weight is 419 g/mol. The molecule has 2 aliphatic heterocycles. The van der Waals surface area contributed by atoms with E-state index in [9.17, 15) is 4.79 Å². The van der Waals surface area contributed by atoms with E-state index < -0.39 is 0 Å². The van der Waals surface area contributed by atoms with Crippen LogP contribution in [0, 0.1) is 5.92 Å². The molecule has 2 aliphatic carbocycles. The first kappa shape index (κ1) is 18.6. The maximum atomic E-state index is 13.2. The first-order valence-electron chi connectivity index (χ1n) is 10.8. The number of piperidine rings is 1. The Labute approximate surface area is 181 Å². The van der Waals surface area contributed by atoms with Crippen LogP contribution in [0.15, 0.2) is 54.3 Å². The number of likely N-dealkylation sites (tertiary alicyclic amines) is 1. The van der Waals surface area contributed by atoms with Crippen LogP contribution in [0.1, 0.15) is 24.0 Å². The maximum Gasteiger partial charge on any atom is 0.415 e. The third kappa shape index (κ3) is 2.42. The number of amides is 1. The van der Waals surface area contributed by atoms with E-state index in [1.807, 2.05) is 41.3 Å². The van der Waals surface area contributed by atoms with E-state index in [4.69, 9.17) is 18.9 Å². The zero-order chi connectivity index (χ0) is 21.2. The standard InChI is InChI=1S/C25H25NO5/c1-28-19-10-8-15-14-18-17-9-11-20(29-2)23-25(17,21(15)22(19)31-23)12-13-26(18)24(27)30-16-6-4-3-5-7-16/h3-8,10-11,17-18,23H,9,12-14H2,1-2H3/t17-,18?,23-,25?/m0/s1. The topological polar surface area (TPSA) is 57.2 Å². The summed E-state index contributed by atoms with van der Waals surface area (Å²) in [7, 11) is 3.39. The molecule has 31 heavy (non-hydrogen) atoms. The summed E-state index contributed by atoms with van der Waals surface area (Å²) in [6.07, 6.45) is 4.11. The van der Waals surface area contributed by atoms with Crippen LogP contribution in [0.5, 0.6) is 17.2 Å². The average Bonchev–Trinajstić information content (AvgIpc) is 3.14. The van der Waals surface area contributed by atoms with Gasteiger partial charge in [-0.05, 0) is 55.0 Å². The van der Waals surface area contributed by atoms with E-state index in [2.05, 4.69) is 12.1 Å². The molecule has 4 aliphatic rings. The quantitative estimate of drug-likeness (QED) is 0.751. The Morgan fingerprint density at radius 1 is 1.13 bits per heavy atom. The van der Waals surface area contributed by atoms with E-state index in [0.717, 1.165) is 36.5 Å². The number of benzene rings is 2. The highest BCUT2D eigenvalue weighted by Crippen LogP contribution is 2.63. The minimum Gasteiger partial charge on any atom is -0.497 e. The van der Waals surface area contributed by atoms with Crippen molar-refractivity contribution in [3.8, 4) is 17.2 Å². The molecule has 1 amide bonds. The number of carbonyl (C=O) groups is 1. The van der Waals surface area contributed by atoms with Gasteiger partial charge in [0, 0.05) is 18.2 Å². The second kappa shape index (κ2) is 6.67. The monoisotopic (exact) mass is 419 g/mol. The van der Waals surface area contributed by atoms with Crippen molar-refractivity contribution >= 4 is 6.09 Å². The molecular formula is C25H25NO5. The van der Waals surface area contributed by atoms with E-state index in [1.165, 1.54) is 11.1 Å². The number of carbonyl (C=O) groups excluding carboxylic acids is 1. The minimum absolute atomic E-state index is 0.0533. The second-order valence-electron chi connectivity index (χ2n) is 8.72. The van der Waals surface area contributed by atoms with Gasteiger partial charge in [0.25, 0.3) is 0 Å². The lowest BCUT2D eigenvalue weighted by Gasteiger charge is -2.56. The van der Waals surface area contributed by atoms with Gasteiger partial charge in [0.1, 0.15) is 11.5 Å². The van der Waals surface area contributed by atoms with Crippen LogP contribution in [0.4, 0.5) is 4.79 Å². The van der Waals surface area contributed by atoms with Gasteiger partial charge < -0.3 is 23.8 Å². The summed E-state index contributed by atoms with van der Waals surface area (Å²) in [5.74, 6) is 3.30. The summed E-state index contributed by atoms with van der Waals surface area (Å²) in [6.45, 7) is 0.625. The van der Waals surface area contributed by atoms with Crippen molar-refractivity contribution in [2.45, 2.75) is 36.8 Å². The van der Waals surface area contributed by atoms with E-state index in [1.54, 1.807) is 14.2 Å². The fraction of sp³-hybridized carbons (Fsp3) is 0.400. The molecule has 0 aromatic heterocycles. The Morgan fingerprint density at radius 3 is 2.74 bits per heavy atom. The molecule has 6 heteroatoms. The molecular weight excluding hydrogens is 394 g/mol. The van der Waals surface area contributed by atoms with Crippen LogP contribution in [-0.2, 0) is 16.6 Å². The van der Waals surface area contributed by atoms with Crippen LogP contribution in [0.2, 0.25) is 0 Å². The third-order valence-corrected chi connectivity index (χ3v) is 7.57. The molecule has 2 aromatic carbocycles. The Balaban J connectivity index is 1.43. The zero-order valence-electron chi connectivity index (χ0n) is 17.7. The molecule has 6 rings (SSSR count). The van der Waals surface area contributed by atoms with Crippen LogP contribution < -0.4 is 14.2 Å². The van der Waals surface area contributed by atoms with Gasteiger partial charge in [-0.2, -0.15) is 0 Å². The number of hydrogen-bond acceptors (Lipinski definition) is 5. The van der Waals surface area contributed by atoms with Crippen molar-refractivity contribution in [3.05, 3.63) is 65.4 Å². The molecule has 2 heterocycles. The molecule has 1 saturated heterocycles. The number of hydrogen-bond donors (Lipinski definition) is 0. The number of para-hydroxylation sites is 1. The van der Waals surface area contributed by atoms with Gasteiger partial charge in [-0.1, -0.05) is 24.3 Å². The van der Waals surface area contributed by atoms with Gasteiger partial charge in [0.2, 0.25) is 0 Å². The van der Waals surface area contributed by atoms with Gasteiger partial charge in [0.15, 0.2) is 17.6 Å². The lowest BCUT2D eigenvalue weighted by Crippen LogP contribution is -2.65. The van der Waals surface area contributed by atoms with Crippen molar-refractivity contribution in [2.75, 3.05) is 20.8 Å². The molecule has 1 fully saturated rings. The Hall–Kier alpha value is -3.15. The van der Waals surface area contributed by atoms with Crippen molar-refractivity contribution in [2.24, 2.45) is 5.92 Å². The van der Waals surface area contributed by atoms with Crippen molar-refractivity contribution < 1.29 is 23.7 Å². The normalized spacial score (nSPS) is 29.4. The largest absolute Gasteiger partial charge is 0.497 e. The van der Waals surface area contributed by atoms with Gasteiger partial charge in [-0.25, -0.2) is 4.79 Å². The summed E-state index contributed by atoms with van der Waals surface area (Å²) in [5, 5.41) is 0. The van der Waals surface area contributed by atoms with E-state index in [-0.39, 0.29) is 29.6 Å². The fourth-order valence-electron chi connectivity index (χ4n) is 6.34. The SMILES string of the molecule is COC1=CC[C@H]2C3Cc4ccc(OC)c5c4C2(CCN3C(=O)Oc2ccccc2)[C@H]1O5. The Kier molecular flexibility index (Phi) is 4.01. The van der Waals surface area contributed by atoms with Crippen LogP contribution in [-0.4, -0.2) is 43.9 Å². The smallest absolute Gasteiger partial charge is 0.415 e. The molecule has 160 valence electrons. The maximum absolute atomic E-state index is 13.2. The lowest BCUT2D eigenvalue weighted by atomic mass is 9.53. The minimum atomic E-state index is -0.278. The number of rotatable bonds is 3. The van der Waals surface area contributed by atoms with Crippen molar-refractivity contribution in [1.82, 2.24) is 4.90 Å². The van der Waals surface area contributed by atoms with Crippen LogP contribution in [0.25, 0.3) is 0 Å². The number of ether oxygens (including phenoxy) is 4. The second-order valence-corrected chi connectivity index (χ2v) is 8.72. The molecule has 0 N–H and O–H groups in total. The number of methoxy groups -OCH3 is 2. The van der Waals surface area contributed by atoms with Crippen LogP contribution in [0.3, 0.4) is 0 Å². The Morgan fingerprint density at radius 2 is 1.97 bits per heavy atom. The molecule has 2 bridgehead atoms. The fourth-order valence-corrected chi connectivity index (χ4v) is 6.34. The van der Waals surface area contributed by atoms with E-state index in [0.29, 0.717) is 12.3 Å². The summed E-state index contributed by atoms with van der Waals surface area (Å²) in [6, 6.07) is 13.4. The van der Waals surface area contributed by atoms with Gasteiger partial charge >= 0.3 is 6.09 Å². The summed E-state index contributed by atoms with van der Waals surface area (Å²) in [4.78, 5) is 15.1. The molecule has 0 saturated carbocycles. The molecule has 2 aromatic rings. The Bertz CT molecular complexity index is 1080. The van der Waals surface area contributed by atoms with Crippen molar-refractivity contribution in [1.29, 1.82) is 0 Å². The van der Waals surface area contributed by atoms with Gasteiger partial charge in [-0.3, -0.25) is 0 Å². The molecule has 1 spiro atoms.